The number of quaternary nitrogens is 1. The van der Waals surface area contributed by atoms with Crippen LogP contribution in [0.25, 0.3) is 0 Å². The van der Waals surface area contributed by atoms with E-state index in [-0.39, 0.29) is 25.6 Å². The second kappa shape index (κ2) is 67.1. The van der Waals surface area contributed by atoms with E-state index in [0.717, 1.165) is 57.8 Å². The number of rotatable bonds is 69. The van der Waals surface area contributed by atoms with E-state index in [2.05, 4.69) is 74.6 Å². The van der Waals surface area contributed by atoms with Crippen LogP contribution in [0.4, 0.5) is 0 Å². The molecule has 0 rings (SSSR count). The topological polar surface area (TPSA) is 108 Å². The molecule has 0 heterocycles. The number of unbranched alkanes of at least 4 members (excludes halogenated alkanes) is 45. The summed E-state index contributed by atoms with van der Waals surface area (Å²) < 4.78 is 34.8. The number of nitrogens with zero attached hydrogens (tertiary/aromatic N) is 1. The number of hydrogen-bond donors (Lipinski definition) is 1. The predicted octanol–water partition coefficient (Wildman–Crippen LogP) is 24.2. The highest BCUT2D eigenvalue weighted by Crippen LogP contribution is 2.43. The minimum Gasteiger partial charge on any atom is -0.462 e. The molecule has 0 saturated heterocycles. The first-order valence-electron chi connectivity index (χ1n) is 37.0. The molecular formula is C76H143NO8P+. The second-order valence-corrected chi connectivity index (χ2v) is 27.8. The van der Waals surface area contributed by atoms with Gasteiger partial charge in [0, 0.05) is 12.8 Å². The van der Waals surface area contributed by atoms with Crippen molar-refractivity contribution in [1.29, 1.82) is 0 Å². The summed E-state index contributed by atoms with van der Waals surface area (Å²) in [6, 6.07) is 0. The van der Waals surface area contributed by atoms with E-state index in [1.165, 1.54) is 270 Å². The van der Waals surface area contributed by atoms with Gasteiger partial charge in [-0.3, -0.25) is 18.6 Å². The number of allylic oxidation sites excluding steroid dienone is 10. The van der Waals surface area contributed by atoms with Crippen LogP contribution in [0.3, 0.4) is 0 Å². The first kappa shape index (κ1) is 83.7. The van der Waals surface area contributed by atoms with Gasteiger partial charge in [-0.15, -0.1) is 0 Å². The molecule has 0 aliphatic carbocycles. The van der Waals surface area contributed by atoms with Crippen LogP contribution in [0.5, 0.6) is 0 Å². The average Bonchev–Trinajstić information content (AvgIpc) is 3.70. The van der Waals surface area contributed by atoms with Crippen LogP contribution in [0.2, 0.25) is 0 Å². The Morgan fingerprint density at radius 1 is 0.360 bits per heavy atom. The molecule has 0 aliphatic heterocycles. The molecule has 0 fully saturated rings. The number of carbonyl (C=O) groups excluding carboxylic acids is 2. The van der Waals surface area contributed by atoms with E-state index < -0.39 is 26.5 Å². The van der Waals surface area contributed by atoms with E-state index in [4.69, 9.17) is 18.5 Å². The molecule has 1 N–H and O–H groups in total. The van der Waals surface area contributed by atoms with Gasteiger partial charge in [0.2, 0.25) is 0 Å². The van der Waals surface area contributed by atoms with Crippen LogP contribution in [0.1, 0.15) is 361 Å². The Morgan fingerprint density at radius 2 is 0.628 bits per heavy atom. The number of ether oxygens (including phenoxy) is 2. The van der Waals surface area contributed by atoms with E-state index >= 15 is 0 Å². The van der Waals surface area contributed by atoms with Gasteiger partial charge in [0.1, 0.15) is 19.8 Å². The lowest BCUT2D eigenvalue weighted by atomic mass is 10.0. The molecule has 0 saturated carbocycles. The lowest BCUT2D eigenvalue weighted by Crippen LogP contribution is -2.37. The Bertz CT molecular complexity index is 1630. The summed E-state index contributed by atoms with van der Waals surface area (Å²) in [7, 11) is 1.49. The van der Waals surface area contributed by atoms with E-state index in [1.54, 1.807) is 0 Å². The maximum absolute atomic E-state index is 12.9. The molecule has 10 heteroatoms. The molecule has 504 valence electrons. The lowest BCUT2D eigenvalue weighted by Gasteiger charge is -2.24. The standard InChI is InChI=1S/C76H142NO8P/c1-6-8-10-12-14-16-18-20-22-24-26-28-30-32-33-34-35-36-37-38-39-40-41-42-43-45-46-48-50-52-54-56-58-60-62-64-66-68-75(78)82-72-74(73-84-86(80,81)83-71-70-77(3,4)5)85-76(79)69-67-65-63-61-59-57-55-53-51-49-47-44-31-29-27-25-23-21-19-17-15-13-11-9-7-2/h18-21,24-27,31,44,74H,6-17,22-23,28-30,32-43,45-73H2,1-5H3/p+1/b20-18-,21-19-,26-24-,27-25-,44-31-. The van der Waals surface area contributed by atoms with Crippen molar-refractivity contribution < 1.29 is 42.1 Å². The van der Waals surface area contributed by atoms with Crippen LogP contribution in [-0.2, 0) is 32.7 Å². The van der Waals surface area contributed by atoms with Gasteiger partial charge < -0.3 is 18.9 Å². The van der Waals surface area contributed by atoms with Crippen LogP contribution in [0, 0.1) is 0 Å². The van der Waals surface area contributed by atoms with Gasteiger partial charge >= 0.3 is 19.8 Å². The molecule has 0 aromatic carbocycles. The second-order valence-electron chi connectivity index (χ2n) is 26.3. The van der Waals surface area contributed by atoms with Gasteiger partial charge in [-0.05, 0) is 83.5 Å². The summed E-state index contributed by atoms with van der Waals surface area (Å²) in [6.07, 6.45) is 89.2. The molecule has 86 heavy (non-hydrogen) atoms. The summed E-state index contributed by atoms with van der Waals surface area (Å²) >= 11 is 0. The van der Waals surface area contributed by atoms with Crippen molar-refractivity contribution in [2.45, 2.75) is 367 Å². The van der Waals surface area contributed by atoms with Gasteiger partial charge in [-0.2, -0.15) is 0 Å². The molecule has 0 aliphatic rings. The van der Waals surface area contributed by atoms with Crippen molar-refractivity contribution in [3.8, 4) is 0 Å². The molecule has 0 amide bonds. The quantitative estimate of drug-likeness (QED) is 0.0211. The number of phosphoric ester groups is 1. The van der Waals surface area contributed by atoms with Crippen LogP contribution >= 0.6 is 7.82 Å². The van der Waals surface area contributed by atoms with Crippen LogP contribution in [0.15, 0.2) is 60.8 Å². The summed E-state index contributed by atoms with van der Waals surface area (Å²) in [6.45, 7) is 4.46. The third kappa shape index (κ3) is 70.8. The van der Waals surface area contributed by atoms with Gasteiger partial charge in [-0.25, -0.2) is 4.57 Å². The fourth-order valence-electron chi connectivity index (χ4n) is 10.8. The Kier molecular flexibility index (Phi) is 65.3. The monoisotopic (exact) mass is 1230 g/mol. The molecule has 0 aromatic heterocycles. The largest absolute Gasteiger partial charge is 0.472 e. The van der Waals surface area contributed by atoms with Crippen molar-refractivity contribution in [3.05, 3.63) is 60.8 Å². The Balaban J connectivity index is 3.95. The molecular weight excluding hydrogens is 1090 g/mol. The fraction of sp³-hybridized carbons (Fsp3) is 0.842. The molecule has 2 unspecified atom stereocenters. The highest BCUT2D eigenvalue weighted by Gasteiger charge is 2.27. The smallest absolute Gasteiger partial charge is 0.462 e. The zero-order chi connectivity index (χ0) is 62.6. The number of esters is 2. The predicted molar refractivity (Wildman–Crippen MR) is 372 cm³/mol. The van der Waals surface area contributed by atoms with Crippen molar-refractivity contribution >= 4 is 19.8 Å². The van der Waals surface area contributed by atoms with Crippen LogP contribution < -0.4 is 0 Å². The molecule has 9 nitrogen and oxygen atoms in total. The van der Waals surface area contributed by atoms with Crippen molar-refractivity contribution in [1.82, 2.24) is 0 Å². The SMILES string of the molecule is CCCCCCC/C=C\C/C=C\C/C=C\CCCCCCCCCCCCC(=O)OC(COC(=O)CCCCCCCCCCCCCCCCCCCCCCCCCCC/C=C\C/C=C\CCCCCCC)COP(=O)(O)OCC[N+](C)(C)C. The Hall–Kier alpha value is -2.29. The maximum atomic E-state index is 12.9. The minimum absolute atomic E-state index is 0.0313. The Labute approximate surface area is 534 Å². The molecule has 0 bridgehead atoms. The summed E-state index contributed by atoms with van der Waals surface area (Å²) in [4.78, 5) is 35.9. The van der Waals surface area contributed by atoms with Gasteiger partial charge in [0.15, 0.2) is 6.10 Å². The van der Waals surface area contributed by atoms with E-state index in [0.29, 0.717) is 23.9 Å². The molecule has 0 aromatic rings. The van der Waals surface area contributed by atoms with Gasteiger partial charge in [0.25, 0.3) is 0 Å². The molecule has 0 radical (unpaired) electrons. The number of carbonyl (C=O) groups is 2. The van der Waals surface area contributed by atoms with Crippen molar-refractivity contribution in [3.63, 3.8) is 0 Å². The van der Waals surface area contributed by atoms with Crippen molar-refractivity contribution in [2.24, 2.45) is 0 Å². The zero-order valence-corrected chi connectivity index (χ0v) is 58.5. The summed E-state index contributed by atoms with van der Waals surface area (Å²) in [5, 5.41) is 0. The summed E-state index contributed by atoms with van der Waals surface area (Å²) in [5.74, 6) is -0.786. The lowest BCUT2D eigenvalue weighted by molar-refractivity contribution is -0.870. The molecule has 2 atom stereocenters. The normalized spacial score (nSPS) is 13.4. The number of phosphoric acid groups is 1. The molecule has 0 spiro atoms. The van der Waals surface area contributed by atoms with Crippen molar-refractivity contribution in [2.75, 3.05) is 47.5 Å². The average molecular weight is 1230 g/mol. The minimum atomic E-state index is -4.39. The maximum Gasteiger partial charge on any atom is 0.472 e. The first-order chi connectivity index (χ1) is 42.0. The van der Waals surface area contributed by atoms with E-state index in [9.17, 15) is 19.0 Å². The Morgan fingerprint density at radius 3 is 0.930 bits per heavy atom. The summed E-state index contributed by atoms with van der Waals surface area (Å²) in [5.41, 5.74) is 0. The fourth-order valence-corrected chi connectivity index (χ4v) is 11.6. The third-order valence-electron chi connectivity index (χ3n) is 16.5. The number of likely N-dealkylation sites (N-methyl/N-ethyl adjacent to an activating group) is 1. The first-order valence-corrected chi connectivity index (χ1v) is 38.5. The number of hydrogen-bond acceptors (Lipinski definition) is 7. The van der Waals surface area contributed by atoms with Gasteiger partial charge in [-0.1, -0.05) is 325 Å². The highest BCUT2D eigenvalue weighted by molar-refractivity contribution is 7.47. The third-order valence-corrected chi connectivity index (χ3v) is 17.5. The highest BCUT2D eigenvalue weighted by atomic mass is 31.2. The van der Waals surface area contributed by atoms with Gasteiger partial charge in [0.05, 0.1) is 27.7 Å². The zero-order valence-electron chi connectivity index (χ0n) is 57.6. The van der Waals surface area contributed by atoms with E-state index in [1.807, 2.05) is 21.1 Å². The van der Waals surface area contributed by atoms with Crippen LogP contribution in [-0.4, -0.2) is 74.9 Å².